The summed E-state index contributed by atoms with van der Waals surface area (Å²) in [7, 11) is 0. The topological polar surface area (TPSA) is 76.4 Å². The molecule has 0 atom stereocenters. The van der Waals surface area contributed by atoms with E-state index in [2.05, 4.69) is 11.4 Å². The number of benzene rings is 1. The van der Waals surface area contributed by atoms with Crippen molar-refractivity contribution >= 4 is 17.6 Å². The maximum Gasteiger partial charge on any atom is 0.321 e. The van der Waals surface area contributed by atoms with E-state index in [4.69, 9.17) is 5.26 Å². The molecular formula is C20H26N4O2. The van der Waals surface area contributed by atoms with Crippen molar-refractivity contribution in [3.05, 3.63) is 29.3 Å². The van der Waals surface area contributed by atoms with Crippen molar-refractivity contribution in [1.82, 2.24) is 9.80 Å². The summed E-state index contributed by atoms with van der Waals surface area (Å²) >= 11 is 0. The second kappa shape index (κ2) is 8.22. The Kier molecular flexibility index (Phi) is 5.77. The van der Waals surface area contributed by atoms with Crippen molar-refractivity contribution in [1.29, 1.82) is 5.26 Å². The highest BCUT2D eigenvalue weighted by molar-refractivity contribution is 5.90. The number of amides is 3. The van der Waals surface area contributed by atoms with E-state index in [0.29, 0.717) is 37.4 Å². The van der Waals surface area contributed by atoms with Crippen molar-refractivity contribution in [2.75, 3.05) is 31.5 Å². The fraction of sp³-hybridized carbons (Fsp3) is 0.550. The molecule has 1 aromatic rings. The second-order valence-electron chi connectivity index (χ2n) is 7.22. The van der Waals surface area contributed by atoms with E-state index in [9.17, 15) is 9.59 Å². The van der Waals surface area contributed by atoms with E-state index in [1.165, 1.54) is 6.42 Å². The predicted molar refractivity (Wildman–Crippen MR) is 99.6 cm³/mol. The molecule has 2 fully saturated rings. The molecule has 1 heterocycles. The average Bonchev–Trinajstić information content (AvgIpc) is 2.70. The van der Waals surface area contributed by atoms with Crippen LogP contribution in [0.4, 0.5) is 10.5 Å². The number of nitriles is 1. The first-order valence-electron chi connectivity index (χ1n) is 9.44. The fourth-order valence-electron chi connectivity index (χ4n) is 3.76. The molecular weight excluding hydrogens is 328 g/mol. The van der Waals surface area contributed by atoms with Crippen LogP contribution in [-0.4, -0.2) is 47.9 Å². The minimum Gasteiger partial charge on any atom is -0.339 e. The third kappa shape index (κ3) is 4.16. The number of urea groups is 1. The third-order valence-electron chi connectivity index (χ3n) is 5.44. The summed E-state index contributed by atoms with van der Waals surface area (Å²) in [5.41, 5.74) is 2.10. The highest BCUT2D eigenvalue weighted by atomic mass is 16.2. The third-order valence-corrected chi connectivity index (χ3v) is 5.44. The summed E-state index contributed by atoms with van der Waals surface area (Å²) in [5.74, 6) is 0.447. The van der Waals surface area contributed by atoms with Crippen LogP contribution in [0, 0.1) is 24.2 Å². The van der Waals surface area contributed by atoms with Gasteiger partial charge in [-0.1, -0.05) is 25.3 Å². The van der Waals surface area contributed by atoms with Gasteiger partial charge >= 0.3 is 6.03 Å². The van der Waals surface area contributed by atoms with Crippen LogP contribution in [0.5, 0.6) is 0 Å². The van der Waals surface area contributed by atoms with Crippen LogP contribution < -0.4 is 5.32 Å². The van der Waals surface area contributed by atoms with Gasteiger partial charge in [0.15, 0.2) is 0 Å². The molecule has 1 saturated carbocycles. The van der Waals surface area contributed by atoms with Gasteiger partial charge in [-0.05, 0) is 37.5 Å². The summed E-state index contributed by atoms with van der Waals surface area (Å²) in [6, 6.07) is 7.17. The number of carbonyl (C=O) groups excluding carboxylic acids is 2. The minimum absolute atomic E-state index is 0.173. The molecule has 0 spiro atoms. The van der Waals surface area contributed by atoms with Crippen LogP contribution in [-0.2, 0) is 4.79 Å². The van der Waals surface area contributed by atoms with Gasteiger partial charge in [-0.2, -0.15) is 5.26 Å². The van der Waals surface area contributed by atoms with E-state index < -0.39 is 0 Å². The number of hydrogen-bond acceptors (Lipinski definition) is 3. The molecule has 1 aliphatic carbocycles. The number of anilines is 1. The molecule has 1 N–H and O–H groups in total. The Balaban J connectivity index is 1.54. The van der Waals surface area contributed by atoms with Crippen molar-refractivity contribution < 1.29 is 9.59 Å². The van der Waals surface area contributed by atoms with Crippen LogP contribution in [0.2, 0.25) is 0 Å². The number of piperazine rings is 1. The van der Waals surface area contributed by atoms with E-state index in [1.807, 2.05) is 17.9 Å². The zero-order valence-corrected chi connectivity index (χ0v) is 15.3. The van der Waals surface area contributed by atoms with Crippen LogP contribution in [0.3, 0.4) is 0 Å². The number of carbonyl (C=O) groups is 2. The Morgan fingerprint density at radius 2 is 1.73 bits per heavy atom. The Labute approximate surface area is 154 Å². The quantitative estimate of drug-likeness (QED) is 0.886. The Hall–Kier alpha value is -2.55. The number of rotatable bonds is 2. The first-order valence-corrected chi connectivity index (χ1v) is 9.44. The highest BCUT2D eigenvalue weighted by Crippen LogP contribution is 2.26. The van der Waals surface area contributed by atoms with Crippen LogP contribution in [0.1, 0.15) is 43.2 Å². The number of nitrogens with zero attached hydrogens (tertiary/aromatic N) is 3. The Bertz CT molecular complexity index is 711. The number of aryl methyl sites for hydroxylation is 1. The average molecular weight is 354 g/mol. The Morgan fingerprint density at radius 1 is 1.08 bits per heavy atom. The fourth-order valence-corrected chi connectivity index (χ4v) is 3.76. The molecule has 6 nitrogen and oxygen atoms in total. The number of nitrogens with one attached hydrogen (secondary N) is 1. The molecule has 0 aromatic heterocycles. The smallest absolute Gasteiger partial charge is 0.321 e. The molecule has 3 rings (SSSR count). The van der Waals surface area contributed by atoms with Gasteiger partial charge in [0.05, 0.1) is 11.6 Å². The molecule has 1 aromatic carbocycles. The predicted octanol–water partition coefficient (Wildman–Crippen LogP) is 3.12. The lowest BCUT2D eigenvalue weighted by Gasteiger charge is -2.37. The van der Waals surface area contributed by atoms with E-state index in [-0.39, 0.29) is 17.9 Å². The summed E-state index contributed by atoms with van der Waals surface area (Å²) in [5, 5.41) is 11.9. The molecule has 2 aliphatic rings. The Morgan fingerprint density at radius 3 is 2.38 bits per heavy atom. The van der Waals surface area contributed by atoms with Crippen LogP contribution >= 0.6 is 0 Å². The molecule has 0 radical (unpaired) electrons. The lowest BCUT2D eigenvalue weighted by Crippen LogP contribution is -2.53. The minimum atomic E-state index is -0.173. The first-order chi connectivity index (χ1) is 12.6. The van der Waals surface area contributed by atoms with Crippen molar-refractivity contribution in [2.45, 2.75) is 39.0 Å². The molecule has 0 bridgehead atoms. The standard InChI is InChI=1S/C20H26N4O2/c1-15-7-8-16(14-21)13-18(15)22-20(26)24-11-9-23(10-12-24)19(25)17-5-3-2-4-6-17/h7-8,13,17H,2-6,9-12H2,1H3,(H,22,26). The molecule has 138 valence electrons. The largest absolute Gasteiger partial charge is 0.339 e. The van der Waals surface area contributed by atoms with Gasteiger partial charge < -0.3 is 15.1 Å². The van der Waals surface area contributed by atoms with E-state index >= 15 is 0 Å². The van der Waals surface area contributed by atoms with Gasteiger partial charge in [0.25, 0.3) is 0 Å². The number of hydrogen-bond donors (Lipinski definition) is 1. The van der Waals surface area contributed by atoms with Crippen LogP contribution in [0.25, 0.3) is 0 Å². The summed E-state index contributed by atoms with van der Waals surface area (Å²) in [6.07, 6.45) is 5.56. The maximum absolute atomic E-state index is 12.6. The lowest BCUT2D eigenvalue weighted by atomic mass is 9.88. The van der Waals surface area contributed by atoms with Gasteiger partial charge in [-0.15, -0.1) is 0 Å². The molecule has 26 heavy (non-hydrogen) atoms. The zero-order chi connectivity index (χ0) is 18.5. The zero-order valence-electron chi connectivity index (χ0n) is 15.3. The van der Waals surface area contributed by atoms with E-state index in [1.54, 1.807) is 17.0 Å². The molecule has 1 saturated heterocycles. The molecule has 0 unspecified atom stereocenters. The molecule has 6 heteroatoms. The monoisotopic (exact) mass is 354 g/mol. The van der Waals surface area contributed by atoms with Crippen molar-refractivity contribution in [2.24, 2.45) is 5.92 Å². The van der Waals surface area contributed by atoms with Crippen molar-refractivity contribution in [3.63, 3.8) is 0 Å². The van der Waals surface area contributed by atoms with Gasteiger partial charge in [0.2, 0.25) is 5.91 Å². The molecule has 3 amide bonds. The molecule has 1 aliphatic heterocycles. The van der Waals surface area contributed by atoms with Gasteiger partial charge in [0.1, 0.15) is 0 Å². The van der Waals surface area contributed by atoms with E-state index in [0.717, 1.165) is 31.2 Å². The SMILES string of the molecule is Cc1ccc(C#N)cc1NC(=O)N1CCN(C(=O)C2CCCCC2)CC1. The summed E-state index contributed by atoms with van der Waals surface area (Å²) in [6.45, 7) is 4.18. The normalized spacial score (nSPS) is 18.3. The van der Waals surface area contributed by atoms with Crippen LogP contribution in [0.15, 0.2) is 18.2 Å². The summed E-state index contributed by atoms with van der Waals surface area (Å²) < 4.78 is 0. The van der Waals surface area contributed by atoms with Gasteiger partial charge in [0, 0.05) is 37.8 Å². The van der Waals surface area contributed by atoms with Gasteiger partial charge in [-0.3, -0.25) is 4.79 Å². The summed E-state index contributed by atoms with van der Waals surface area (Å²) in [4.78, 5) is 28.8. The lowest BCUT2D eigenvalue weighted by molar-refractivity contribution is -0.138. The van der Waals surface area contributed by atoms with Gasteiger partial charge in [-0.25, -0.2) is 4.79 Å². The first kappa shape index (κ1) is 18.2. The highest BCUT2D eigenvalue weighted by Gasteiger charge is 2.29. The maximum atomic E-state index is 12.6. The van der Waals surface area contributed by atoms with Crippen molar-refractivity contribution in [3.8, 4) is 6.07 Å². The second-order valence-corrected chi connectivity index (χ2v) is 7.22.